The van der Waals surface area contributed by atoms with E-state index in [1.165, 1.54) is 20.1 Å². The molecule has 1 atom stereocenters. The van der Waals surface area contributed by atoms with E-state index in [4.69, 9.17) is 4.74 Å². The van der Waals surface area contributed by atoms with E-state index < -0.39 is 15.7 Å². The van der Waals surface area contributed by atoms with E-state index in [-0.39, 0.29) is 28.7 Å². The lowest BCUT2D eigenvalue weighted by atomic mass is 9.84. The van der Waals surface area contributed by atoms with Crippen molar-refractivity contribution < 1.29 is 27.3 Å². The molecule has 2 aromatic carbocycles. The van der Waals surface area contributed by atoms with Crippen molar-refractivity contribution in [1.29, 1.82) is 0 Å². The highest BCUT2D eigenvalue weighted by molar-refractivity contribution is 7.86. The molecular weight excluding hydrogens is 418 g/mol. The number of benzene rings is 2. The third kappa shape index (κ3) is 6.35. The molecule has 2 N–H and O–H groups in total. The van der Waals surface area contributed by atoms with Crippen LogP contribution in [0.4, 0.5) is 5.69 Å². The molecule has 0 aromatic heterocycles. The van der Waals surface area contributed by atoms with Crippen molar-refractivity contribution in [2.45, 2.75) is 63.4 Å². The lowest BCUT2D eigenvalue weighted by Crippen LogP contribution is -2.40. The van der Waals surface area contributed by atoms with Crippen LogP contribution in [0.25, 0.3) is 10.8 Å². The Kier molecular flexibility index (Phi) is 8.34. The molecule has 0 heterocycles. The number of ether oxygens (including phenoxy) is 1. The third-order valence-corrected chi connectivity index (χ3v) is 6.37. The Morgan fingerprint density at radius 1 is 1.13 bits per heavy atom. The number of ketones is 1. The Hall–Kier alpha value is -2.29. The number of methoxy groups -OCH3 is 1. The number of carbonyl (C=O) groups is 2. The minimum atomic E-state index is -4.54. The molecule has 0 aliphatic carbocycles. The smallest absolute Gasteiger partial charge is 0.297 e. The molecule has 31 heavy (non-hydrogen) atoms. The summed E-state index contributed by atoms with van der Waals surface area (Å²) in [6.07, 6.45) is 2.39. The quantitative estimate of drug-likeness (QED) is 0.383. The summed E-state index contributed by atoms with van der Waals surface area (Å²) in [6, 6.07) is 9.88. The topological polar surface area (TPSA) is 110 Å². The van der Waals surface area contributed by atoms with Crippen LogP contribution in [0.15, 0.2) is 41.3 Å². The van der Waals surface area contributed by atoms with Gasteiger partial charge in [-0.25, -0.2) is 0 Å². The number of hydrogen-bond acceptors (Lipinski definition) is 5. The second-order valence-corrected chi connectivity index (χ2v) is 9.60. The van der Waals surface area contributed by atoms with Gasteiger partial charge in [0, 0.05) is 18.9 Å². The standard InChI is InChI=1S/C23H31NO6S/c1-16(2)15-23(30-4,17(3)25)14-8-7-11-21(26)24-20-13-12-18-9-5-6-10-19(18)22(20)31(27,28)29/h5-6,9-10,12-13,16H,7-8,11,14-15H2,1-4H3,(H,24,26)(H,27,28,29). The second kappa shape index (κ2) is 10.3. The molecular formula is C23H31NO6S. The molecule has 8 heteroatoms. The first-order valence-electron chi connectivity index (χ1n) is 10.4. The predicted octanol–water partition coefficient (Wildman–Crippen LogP) is 4.61. The lowest BCUT2D eigenvalue weighted by molar-refractivity contribution is -0.142. The van der Waals surface area contributed by atoms with Crippen LogP contribution in [0, 0.1) is 5.92 Å². The maximum atomic E-state index is 12.4. The van der Waals surface area contributed by atoms with Crippen molar-refractivity contribution in [2.75, 3.05) is 12.4 Å². The molecule has 0 radical (unpaired) electrons. The summed E-state index contributed by atoms with van der Waals surface area (Å²) in [6.45, 7) is 5.58. The zero-order valence-corrected chi connectivity index (χ0v) is 19.3. The van der Waals surface area contributed by atoms with E-state index >= 15 is 0 Å². The number of carbonyl (C=O) groups excluding carboxylic acids is 2. The largest absolute Gasteiger partial charge is 0.370 e. The normalized spacial score (nSPS) is 13.9. The van der Waals surface area contributed by atoms with Crippen LogP contribution < -0.4 is 5.32 Å². The van der Waals surface area contributed by atoms with Gasteiger partial charge in [-0.2, -0.15) is 8.42 Å². The number of unbranched alkanes of at least 4 members (excludes halogenated alkanes) is 1. The van der Waals surface area contributed by atoms with Crippen LogP contribution in [0.3, 0.4) is 0 Å². The highest BCUT2D eigenvalue weighted by Crippen LogP contribution is 2.31. The summed E-state index contributed by atoms with van der Waals surface area (Å²) in [5.74, 6) is -0.101. The van der Waals surface area contributed by atoms with E-state index in [0.717, 1.165) is 0 Å². The minimum absolute atomic E-state index is 0.0258. The van der Waals surface area contributed by atoms with Gasteiger partial charge in [-0.3, -0.25) is 14.1 Å². The SMILES string of the molecule is COC(CCCCC(=O)Nc1ccc2ccccc2c1S(=O)(=O)O)(CC(C)C)C(C)=O. The molecule has 2 rings (SSSR count). The number of rotatable bonds is 11. The summed E-state index contributed by atoms with van der Waals surface area (Å²) in [5.41, 5.74) is -0.804. The fraction of sp³-hybridized carbons (Fsp3) is 0.478. The molecule has 1 unspecified atom stereocenters. The van der Waals surface area contributed by atoms with Gasteiger partial charge in [0.25, 0.3) is 10.1 Å². The van der Waals surface area contributed by atoms with Gasteiger partial charge in [0.1, 0.15) is 10.5 Å². The fourth-order valence-corrected chi connectivity index (χ4v) is 4.80. The van der Waals surface area contributed by atoms with Crippen LogP contribution in [-0.4, -0.2) is 37.4 Å². The number of nitrogens with one attached hydrogen (secondary N) is 1. The summed E-state index contributed by atoms with van der Waals surface area (Å²) in [4.78, 5) is 24.3. The second-order valence-electron chi connectivity index (χ2n) is 8.25. The summed E-state index contributed by atoms with van der Waals surface area (Å²) < 4.78 is 39.2. The Bertz CT molecular complexity index is 1050. The Morgan fingerprint density at radius 2 is 1.81 bits per heavy atom. The molecule has 0 aliphatic rings. The maximum Gasteiger partial charge on any atom is 0.297 e. The zero-order chi connectivity index (χ0) is 23.2. The van der Waals surface area contributed by atoms with Gasteiger partial charge in [-0.1, -0.05) is 44.2 Å². The molecule has 0 spiro atoms. The minimum Gasteiger partial charge on any atom is -0.370 e. The molecule has 0 saturated carbocycles. The number of anilines is 1. The number of Topliss-reactive ketones (excluding diaryl/α,β-unsaturated/α-hetero) is 1. The first-order valence-corrected chi connectivity index (χ1v) is 11.8. The van der Waals surface area contributed by atoms with Crippen molar-refractivity contribution in [3.8, 4) is 0 Å². The van der Waals surface area contributed by atoms with Crippen LogP contribution in [0.1, 0.15) is 52.9 Å². The zero-order valence-electron chi connectivity index (χ0n) is 18.5. The Balaban J connectivity index is 2.07. The van der Waals surface area contributed by atoms with E-state index in [2.05, 4.69) is 5.32 Å². The van der Waals surface area contributed by atoms with Gasteiger partial charge >= 0.3 is 0 Å². The van der Waals surface area contributed by atoms with Gasteiger partial charge < -0.3 is 10.1 Å². The first kappa shape index (κ1) is 25.0. The van der Waals surface area contributed by atoms with Gasteiger partial charge in [0.2, 0.25) is 5.91 Å². The van der Waals surface area contributed by atoms with E-state index in [1.807, 2.05) is 13.8 Å². The van der Waals surface area contributed by atoms with Crippen molar-refractivity contribution >= 4 is 38.3 Å². The molecule has 1 amide bonds. The van der Waals surface area contributed by atoms with Crippen molar-refractivity contribution in [3.63, 3.8) is 0 Å². The van der Waals surface area contributed by atoms with Crippen LogP contribution in [0.2, 0.25) is 0 Å². The number of amides is 1. The van der Waals surface area contributed by atoms with Gasteiger partial charge in [-0.15, -0.1) is 0 Å². The summed E-state index contributed by atoms with van der Waals surface area (Å²) >= 11 is 0. The monoisotopic (exact) mass is 449 g/mol. The molecule has 2 aromatic rings. The van der Waals surface area contributed by atoms with E-state index in [0.29, 0.717) is 42.4 Å². The predicted molar refractivity (Wildman–Crippen MR) is 121 cm³/mol. The van der Waals surface area contributed by atoms with Gasteiger partial charge in [-0.05, 0) is 50.0 Å². The number of hydrogen-bond donors (Lipinski definition) is 2. The van der Waals surface area contributed by atoms with E-state index in [9.17, 15) is 22.6 Å². The fourth-order valence-electron chi connectivity index (χ4n) is 3.94. The molecule has 0 fully saturated rings. The van der Waals surface area contributed by atoms with Crippen molar-refractivity contribution in [1.82, 2.24) is 0 Å². The highest BCUT2D eigenvalue weighted by atomic mass is 32.2. The molecule has 0 aliphatic heterocycles. The summed E-state index contributed by atoms with van der Waals surface area (Å²) in [7, 11) is -3.01. The van der Waals surface area contributed by atoms with Crippen LogP contribution in [0.5, 0.6) is 0 Å². The Labute approximate surface area is 183 Å². The van der Waals surface area contributed by atoms with Crippen LogP contribution >= 0.6 is 0 Å². The lowest BCUT2D eigenvalue weighted by Gasteiger charge is -2.31. The van der Waals surface area contributed by atoms with Gasteiger partial charge in [0.15, 0.2) is 5.78 Å². The highest BCUT2D eigenvalue weighted by Gasteiger charge is 2.35. The molecule has 0 bridgehead atoms. The van der Waals surface area contributed by atoms with Crippen molar-refractivity contribution in [2.24, 2.45) is 5.92 Å². The first-order chi connectivity index (χ1) is 14.5. The average Bonchev–Trinajstić information content (AvgIpc) is 2.68. The van der Waals surface area contributed by atoms with E-state index in [1.54, 1.807) is 30.3 Å². The number of fused-ring (bicyclic) bond motifs is 1. The third-order valence-electron chi connectivity index (χ3n) is 5.42. The van der Waals surface area contributed by atoms with Gasteiger partial charge in [0.05, 0.1) is 5.69 Å². The maximum absolute atomic E-state index is 12.4. The average molecular weight is 450 g/mol. The van der Waals surface area contributed by atoms with Crippen molar-refractivity contribution in [3.05, 3.63) is 36.4 Å². The summed E-state index contributed by atoms with van der Waals surface area (Å²) in [5, 5.41) is 3.57. The molecule has 7 nitrogen and oxygen atoms in total. The Morgan fingerprint density at radius 3 is 2.39 bits per heavy atom. The van der Waals surface area contributed by atoms with Crippen LogP contribution in [-0.2, 0) is 24.4 Å². The molecule has 170 valence electrons. The molecule has 0 saturated heterocycles.